The maximum Gasteiger partial charge on any atom is 0.220 e. The first-order chi connectivity index (χ1) is 9.47. The molecule has 1 N–H and O–H groups in total. The highest BCUT2D eigenvalue weighted by Gasteiger charge is 2.24. The second-order valence-electron chi connectivity index (χ2n) is 6.48. The third-order valence-corrected chi connectivity index (χ3v) is 3.81. The Bertz CT molecular complexity index is 464. The van der Waals surface area contributed by atoms with E-state index in [1.54, 1.807) is 0 Å². The Balaban J connectivity index is 1.93. The maximum absolute atomic E-state index is 11.9. The molecule has 1 aliphatic rings. The van der Waals surface area contributed by atoms with Crippen molar-refractivity contribution in [2.75, 3.05) is 0 Å². The number of carbonyl (C=O) groups excluding carboxylic acids is 1. The van der Waals surface area contributed by atoms with Crippen molar-refractivity contribution in [2.45, 2.75) is 71.9 Å². The maximum atomic E-state index is 11.9. The summed E-state index contributed by atoms with van der Waals surface area (Å²) in [7, 11) is 0. The van der Waals surface area contributed by atoms with Gasteiger partial charge in [-0.1, -0.05) is 27.7 Å². The standard InChI is InChI=1S/C15H26N4O/c1-10(2)5-8-14(20)16-12-6-7-13-17-18-15(11(3)4)19(13)9-12/h10-12H,5-9H2,1-4H3,(H,16,20)/t12-/m1/s1. The summed E-state index contributed by atoms with van der Waals surface area (Å²) >= 11 is 0. The van der Waals surface area contributed by atoms with Crippen LogP contribution in [-0.4, -0.2) is 26.7 Å². The fourth-order valence-electron chi connectivity index (χ4n) is 2.61. The van der Waals surface area contributed by atoms with Crippen LogP contribution in [0.5, 0.6) is 0 Å². The summed E-state index contributed by atoms with van der Waals surface area (Å²) in [6, 6.07) is 0.218. The lowest BCUT2D eigenvalue weighted by Crippen LogP contribution is -2.41. The van der Waals surface area contributed by atoms with Crippen molar-refractivity contribution in [3.05, 3.63) is 11.6 Å². The number of hydrogen-bond donors (Lipinski definition) is 1. The molecule has 1 aliphatic heterocycles. The minimum atomic E-state index is 0.173. The molecule has 5 heteroatoms. The molecule has 2 heterocycles. The Morgan fingerprint density at radius 2 is 2.10 bits per heavy atom. The molecule has 0 saturated heterocycles. The lowest BCUT2D eigenvalue weighted by molar-refractivity contribution is -0.122. The number of nitrogens with zero attached hydrogens (tertiary/aromatic N) is 3. The molecule has 1 atom stereocenters. The van der Waals surface area contributed by atoms with Gasteiger partial charge in [0.1, 0.15) is 11.6 Å². The van der Waals surface area contributed by atoms with Crippen molar-refractivity contribution >= 4 is 5.91 Å². The molecule has 0 unspecified atom stereocenters. The van der Waals surface area contributed by atoms with Crippen LogP contribution >= 0.6 is 0 Å². The summed E-state index contributed by atoms with van der Waals surface area (Å²) in [5.74, 6) is 3.20. The molecule has 0 bridgehead atoms. The van der Waals surface area contributed by atoms with Gasteiger partial charge in [0, 0.05) is 31.3 Å². The Morgan fingerprint density at radius 1 is 1.35 bits per heavy atom. The molecule has 0 aromatic carbocycles. The first kappa shape index (κ1) is 15.0. The molecule has 20 heavy (non-hydrogen) atoms. The summed E-state index contributed by atoms with van der Waals surface area (Å²) in [6.07, 6.45) is 3.44. The Morgan fingerprint density at radius 3 is 2.75 bits per heavy atom. The summed E-state index contributed by atoms with van der Waals surface area (Å²) in [4.78, 5) is 11.9. The number of amides is 1. The molecular weight excluding hydrogens is 252 g/mol. The first-order valence-corrected chi connectivity index (χ1v) is 7.68. The first-order valence-electron chi connectivity index (χ1n) is 7.68. The van der Waals surface area contributed by atoms with Crippen molar-refractivity contribution in [1.82, 2.24) is 20.1 Å². The van der Waals surface area contributed by atoms with Gasteiger partial charge in [0.05, 0.1) is 0 Å². The number of fused-ring (bicyclic) bond motifs is 1. The van der Waals surface area contributed by atoms with Crippen LogP contribution in [0.25, 0.3) is 0 Å². The second-order valence-corrected chi connectivity index (χ2v) is 6.48. The lowest BCUT2D eigenvalue weighted by atomic mass is 10.0. The predicted molar refractivity (Wildman–Crippen MR) is 78.4 cm³/mol. The predicted octanol–water partition coefficient (Wildman–Crippen LogP) is 2.27. The fourth-order valence-corrected chi connectivity index (χ4v) is 2.61. The number of rotatable bonds is 5. The largest absolute Gasteiger partial charge is 0.352 e. The molecule has 5 nitrogen and oxygen atoms in total. The van der Waals surface area contributed by atoms with Gasteiger partial charge < -0.3 is 9.88 Å². The van der Waals surface area contributed by atoms with Crippen molar-refractivity contribution in [2.24, 2.45) is 5.92 Å². The zero-order chi connectivity index (χ0) is 14.7. The van der Waals surface area contributed by atoms with Crippen LogP contribution in [0.1, 0.15) is 64.5 Å². The van der Waals surface area contributed by atoms with Gasteiger partial charge in [0.2, 0.25) is 5.91 Å². The van der Waals surface area contributed by atoms with Crippen LogP contribution < -0.4 is 5.32 Å². The number of aromatic nitrogens is 3. The van der Waals surface area contributed by atoms with Gasteiger partial charge in [0.25, 0.3) is 0 Å². The van der Waals surface area contributed by atoms with Crippen molar-refractivity contribution in [1.29, 1.82) is 0 Å². The topological polar surface area (TPSA) is 59.8 Å². The van der Waals surface area contributed by atoms with Gasteiger partial charge in [-0.25, -0.2) is 0 Å². The highest BCUT2D eigenvalue weighted by Crippen LogP contribution is 2.20. The average molecular weight is 278 g/mol. The van der Waals surface area contributed by atoms with Gasteiger partial charge in [-0.2, -0.15) is 0 Å². The van der Waals surface area contributed by atoms with E-state index in [1.807, 2.05) is 0 Å². The monoisotopic (exact) mass is 278 g/mol. The normalized spacial score (nSPS) is 18.4. The third kappa shape index (κ3) is 3.58. The van der Waals surface area contributed by atoms with Crippen LogP contribution in [0.3, 0.4) is 0 Å². The van der Waals surface area contributed by atoms with E-state index in [0.717, 1.165) is 37.5 Å². The molecule has 0 fully saturated rings. The Kier molecular flexibility index (Phi) is 4.78. The number of nitrogens with one attached hydrogen (secondary N) is 1. The minimum absolute atomic E-state index is 0.173. The van der Waals surface area contributed by atoms with E-state index in [2.05, 4.69) is 47.8 Å². The van der Waals surface area contributed by atoms with Crippen LogP contribution in [-0.2, 0) is 17.8 Å². The summed E-state index contributed by atoms with van der Waals surface area (Å²) in [6.45, 7) is 9.35. The summed E-state index contributed by atoms with van der Waals surface area (Å²) in [5, 5.41) is 11.7. The zero-order valence-electron chi connectivity index (χ0n) is 13.0. The molecule has 1 amide bonds. The lowest BCUT2D eigenvalue weighted by Gasteiger charge is -2.26. The van der Waals surface area contributed by atoms with E-state index < -0.39 is 0 Å². The number of aryl methyl sites for hydroxylation is 1. The molecule has 0 spiro atoms. The molecular formula is C15H26N4O. The van der Waals surface area contributed by atoms with Crippen molar-refractivity contribution in [3.63, 3.8) is 0 Å². The zero-order valence-corrected chi connectivity index (χ0v) is 13.0. The van der Waals surface area contributed by atoms with Gasteiger partial charge in [-0.15, -0.1) is 10.2 Å². The smallest absolute Gasteiger partial charge is 0.220 e. The van der Waals surface area contributed by atoms with Crippen molar-refractivity contribution in [3.8, 4) is 0 Å². The van der Waals surface area contributed by atoms with E-state index in [4.69, 9.17) is 0 Å². The van der Waals surface area contributed by atoms with Crippen LogP contribution in [0.2, 0.25) is 0 Å². The fraction of sp³-hybridized carbons (Fsp3) is 0.800. The SMILES string of the molecule is CC(C)CCC(=O)N[C@@H]1CCc2nnc(C(C)C)n2C1. The van der Waals surface area contributed by atoms with Gasteiger partial charge in [0.15, 0.2) is 0 Å². The average Bonchev–Trinajstić information content (AvgIpc) is 2.79. The Hall–Kier alpha value is -1.39. The second kappa shape index (κ2) is 6.37. The number of carbonyl (C=O) groups is 1. The van der Waals surface area contributed by atoms with Gasteiger partial charge >= 0.3 is 0 Å². The summed E-state index contributed by atoms with van der Waals surface area (Å²) < 4.78 is 2.18. The molecule has 2 rings (SSSR count). The molecule has 112 valence electrons. The molecule has 1 aromatic heterocycles. The van der Waals surface area contributed by atoms with E-state index in [1.165, 1.54) is 0 Å². The molecule has 1 aromatic rings. The quantitative estimate of drug-likeness (QED) is 0.899. The molecule has 0 radical (unpaired) electrons. The Labute approximate surface area is 121 Å². The summed E-state index contributed by atoms with van der Waals surface area (Å²) in [5.41, 5.74) is 0. The highest BCUT2D eigenvalue weighted by atomic mass is 16.1. The van der Waals surface area contributed by atoms with Crippen LogP contribution in [0.4, 0.5) is 0 Å². The van der Waals surface area contributed by atoms with Gasteiger partial charge in [-0.05, 0) is 18.8 Å². The highest BCUT2D eigenvalue weighted by molar-refractivity contribution is 5.76. The van der Waals surface area contributed by atoms with E-state index in [9.17, 15) is 4.79 Å². The van der Waals surface area contributed by atoms with Crippen LogP contribution in [0.15, 0.2) is 0 Å². The number of hydrogen-bond acceptors (Lipinski definition) is 3. The molecule has 0 saturated carbocycles. The van der Waals surface area contributed by atoms with E-state index >= 15 is 0 Å². The third-order valence-electron chi connectivity index (χ3n) is 3.81. The van der Waals surface area contributed by atoms with Crippen LogP contribution in [0, 0.1) is 5.92 Å². The van der Waals surface area contributed by atoms with E-state index in [-0.39, 0.29) is 11.9 Å². The minimum Gasteiger partial charge on any atom is -0.352 e. The van der Waals surface area contributed by atoms with Crippen molar-refractivity contribution < 1.29 is 4.79 Å². The van der Waals surface area contributed by atoms with E-state index in [0.29, 0.717) is 18.3 Å². The molecule has 0 aliphatic carbocycles. The van der Waals surface area contributed by atoms with Gasteiger partial charge in [-0.3, -0.25) is 4.79 Å².